The highest BCUT2D eigenvalue weighted by Crippen LogP contribution is 2.36. The summed E-state index contributed by atoms with van der Waals surface area (Å²) in [5.41, 5.74) is 0. The molecular weight excluding hydrogens is 272 g/mol. The van der Waals surface area contributed by atoms with Crippen molar-refractivity contribution in [1.82, 2.24) is 0 Å². The van der Waals surface area contributed by atoms with Crippen molar-refractivity contribution >= 4 is 14.3 Å². The maximum atomic E-state index is 11.7. The lowest BCUT2D eigenvalue weighted by Gasteiger charge is -2.36. The lowest BCUT2D eigenvalue weighted by molar-refractivity contribution is -0.152. The average Bonchev–Trinajstić information content (AvgIpc) is 2.26. The third kappa shape index (κ3) is 6.37. The van der Waals surface area contributed by atoms with E-state index < -0.39 is 20.3 Å². The number of hydrogen-bond donors (Lipinski definition) is 1. The molecule has 1 N–H and O–H groups in total. The monoisotopic (exact) mass is 304 g/mol. The van der Waals surface area contributed by atoms with Crippen molar-refractivity contribution in [3.63, 3.8) is 0 Å². The smallest absolute Gasteiger partial charge is 0.311 e. The molecule has 0 aliphatic rings. The molecule has 0 aromatic heterocycles. The van der Waals surface area contributed by atoms with Crippen molar-refractivity contribution < 1.29 is 19.1 Å². The van der Waals surface area contributed by atoms with E-state index in [1.165, 1.54) is 0 Å². The fraction of sp³-hybridized carbons (Fsp3) is 0.933. The van der Waals surface area contributed by atoms with Gasteiger partial charge in [0, 0.05) is 6.61 Å². The van der Waals surface area contributed by atoms with Crippen molar-refractivity contribution in [1.29, 1.82) is 0 Å². The van der Waals surface area contributed by atoms with Gasteiger partial charge < -0.3 is 14.3 Å². The molecule has 0 bridgehead atoms. The van der Waals surface area contributed by atoms with E-state index in [1.807, 2.05) is 0 Å². The standard InChI is InChI=1S/C15H32O4Si/c1-8-18-14(17)13(12(2)16)10-9-11-19-20(6,7)15(3,4)5/h12-13,16H,8-11H2,1-7H3. The van der Waals surface area contributed by atoms with Crippen LogP contribution < -0.4 is 0 Å². The Morgan fingerprint density at radius 1 is 1.30 bits per heavy atom. The fourth-order valence-corrected chi connectivity index (χ4v) is 2.74. The van der Waals surface area contributed by atoms with Crippen LogP contribution in [-0.4, -0.2) is 38.7 Å². The van der Waals surface area contributed by atoms with Gasteiger partial charge in [0.1, 0.15) is 0 Å². The van der Waals surface area contributed by atoms with Gasteiger partial charge in [-0.3, -0.25) is 4.79 Å². The van der Waals surface area contributed by atoms with Gasteiger partial charge in [0.2, 0.25) is 0 Å². The summed E-state index contributed by atoms with van der Waals surface area (Å²) in [5, 5.41) is 9.86. The van der Waals surface area contributed by atoms with Crippen molar-refractivity contribution in [2.45, 2.75) is 71.7 Å². The molecule has 0 saturated carbocycles. The first-order valence-electron chi connectivity index (χ1n) is 7.51. The average molecular weight is 305 g/mol. The van der Waals surface area contributed by atoms with Crippen LogP contribution in [0.5, 0.6) is 0 Å². The van der Waals surface area contributed by atoms with Gasteiger partial charge in [-0.2, -0.15) is 0 Å². The molecular formula is C15H32O4Si. The van der Waals surface area contributed by atoms with Crippen molar-refractivity contribution in [2.24, 2.45) is 5.92 Å². The number of hydrogen-bond acceptors (Lipinski definition) is 4. The molecule has 0 spiro atoms. The van der Waals surface area contributed by atoms with Crippen LogP contribution in [0.2, 0.25) is 18.1 Å². The van der Waals surface area contributed by atoms with Crippen molar-refractivity contribution in [3.8, 4) is 0 Å². The molecule has 0 rings (SSSR count). The van der Waals surface area contributed by atoms with E-state index in [9.17, 15) is 9.90 Å². The third-order valence-corrected chi connectivity index (χ3v) is 8.64. The first-order valence-corrected chi connectivity index (χ1v) is 10.4. The van der Waals surface area contributed by atoms with Gasteiger partial charge in [0.25, 0.3) is 0 Å². The van der Waals surface area contributed by atoms with Crippen LogP contribution >= 0.6 is 0 Å². The van der Waals surface area contributed by atoms with Crippen LogP contribution in [0, 0.1) is 5.92 Å². The predicted octanol–water partition coefficient (Wildman–Crippen LogP) is 3.35. The summed E-state index contributed by atoms with van der Waals surface area (Å²) in [4.78, 5) is 11.7. The van der Waals surface area contributed by atoms with E-state index in [0.717, 1.165) is 6.42 Å². The van der Waals surface area contributed by atoms with Crippen LogP contribution in [-0.2, 0) is 14.0 Å². The lowest BCUT2D eigenvalue weighted by atomic mass is 9.98. The molecule has 20 heavy (non-hydrogen) atoms. The number of carbonyl (C=O) groups is 1. The largest absolute Gasteiger partial charge is 0.466 e. The van der Waals surface area contributed by atoms with Gasteiger partial charge in [-0.25, -0.2) is 0 Å². The predicted molar refractivity (Wildman–Crippen MR) is 84.2 cm³/mol. The molecule has 0 aromatic rings. The van der Waals surface area contributed by atoms with Gasteiger partial charge >= 0.3 is 5.97 Å². The first-order chi connectivity index (χ1) is 9.03. The van der Waals surface area contributed by atoms with E-state index in [1.54, 1.807) is 13.8 Å². The molecule has 2 atom stereocenters. The Bertz CT molecular complexity index is 295. The van der Waals surface area contributed by atoms with Crippen LogP contribution in [0.1, 0.15) is 47.5 Å². The summed E-state index contributed by atoms with van der Waals surface area (Å²) in [5.74, 6) is -0.757. The maximum Gasteiger partial charge on any atom is 0.311 e. The number of ether oxygens (including phenoxy) is 1. The second-order valence-corrected chi connectivity index (χ2v) is 11.7. The molecule has 0 saturated heterocycles. The normalized spacial score (nSPS) is 15.8. The van der Waals surface area contributed by atoms with Crippen LogP contribution in [0.3, 0.4) is 0 Å². The van der Waals surface area contributed by atoms with Crippen LogP contribution in [0.4, 0.5) is 0 Å². The van der Waals surface area contributed by atoms with E-state index in [2.05, 4.69) is 33.9 Å². The zero-order chi connectivity index (χ0) is 16.0. The highest BCUT2D eigenvalue weighted by atomic mass is 28.4. The summed E-state index contributed by atoms with van der Waals surface area (Å²) in [6, 6.07) is 0. The Morgan fingerprint density at radius 3 is 2.25 bits per heavy atom. The first kappa shape index (κ1) is 19.6. The van der Waals surface area contributed by atoms with E-state index >= 15 is 0 Å². The molecule has 5 heteroatoms. The Kier molecular flexibility index (Phi) is 7.99. The van der Waals surface area contributed by atoms with Crippen molar-refractivity contribution in [2.75, 3.05) is 13.2 Å². The highest BCUT2D eigenvalue weighted by molar-refractivity contribution is 6.74. The van der Waals surface area contributed by atoms with E-state index in [0.29, 0.717) is 19.6 Å². The van der Waals surface area contributed by atoms with Crippen LogP contribution in [0.15, 0.2) is 0 Å². The topological polar surface area (TPSA) is 55.8 Å². The SMILES string of the molecule is CCOC(=O)C(CCCO[Si](C)(C)C(C)(C)C)C(C)O. The van der Waals surface area contributed by atoms with Gasteiger partial charge in [0.05, 0.1) is 18.6 Å². The number of rotatable bonds is 8. The fourth-order valence-electron chi connectivity index (χ4n) is 1.65. The zero-order valence-corrected chi connectivity index (χ0v) is 15.2. The zero-order valence-electron chi connectivity index (χ0n) is 14.2. The van der Waals surface area contributed by atoms with Crippen molar-refractivity contribution in [3.05, 3.63) is 0 Å². The number of aliphatic hydroxyl groups is 1. The van der Waals surface area contributed by atoms with Gasteiger partial charge in [0.15, 0.2) is 8.32 Å². The lowest BCUT2D eigenvalue weighted by Crippen LogP contribution is -2.41. The molecule has 0 aromatic carbocycles. The van der Waals surface area contributed by atoms with E-state index in [-0.39, 0.29) is 11.0 Å². The minimum absolute atomic E-state index is 0.192. The number of esters is 1. The van der Waals surface area contributed by atoms with Gasteiger partial charge in [-0.05, 0) is 44.8 Å². The highest BCUT2D eigenvalue weighted by Gasteiger charge is 2.37. The Labute approximate surface area is 125 Å². The second kappa shape index (κ2) is 8.15. The summed E-state index contributed by atoms with van der Waals surface area (Å²) in [6.45, 7) is 15.4. The molecule has 0 radical (unpaired) electrons. The molecule has 2 unspecified atom stereocenters. The Hall–Kier alpha value is -0.393. The molecule has 0 fully saturated rings. The number of carbonyl (C=O) groups excluding carboxylic acids is 1. The third-order valence-electron chi connectivity index (χ3n) is 4.10. The minimum Gasteiger partial charge on any atom is -0.466 e. The quantitative estimate of drug-likeness (QED) is 0.424. The molecule has 0 aliphatic carbocycles. The molecule has 0 heterocycles. The van der Waals surface area contributed by atoms with Gasteiger partial charge in [-0.1, -0.05) is 20.8 Å². The molecule has 120 valence electrons. The summed E-state index contributed by atoms with van der Waals surface area (Å²) >= 11 is 0. The molecule has 0 amide bonds. The Balaban J connectivity index is 4.24. The second-order valence-electron chi connectivity index (χ2n) is 6.85. The minimum atomic E-state index is -1.73. The maximum absolute atomic E-state index is 11.7. The molecule has 4 nitrogen and oxygen atoms in total. The summed E-state index contributed by atoms with van der Waals surface area (Å²) in [7, 11) is -1.73. The number of aliphatic hydroxyl groups excluding tert-OH is 1. The summed E-state index contributed by atoms with van der Waals surface area (Å²) < 4.78 is 11.1. The molecule has 0 aliphatic heterocycles. The Morgan fingerprint density at radius 2 is 1.85 bits per heavy atom. The van der Waals surface area contributed by atoms with Crippen LogP contribution in [0.25, 0.3) is 0 Å². The summed E-state index contributed by atoms with van der Waals surface area (Å²) in [6.07, 6.45) is 0.688. The van der Waals surface area contributed by atoms with Gasteiger partial charge in [-0.15, -0.1) is 0 Å². The van der Waals surface area contributed by atoms with E-state index in [4.69, 9.17) is 9.16 Å².